The highest BCUT2D eigenvalue weighted by Gasteiger charge is 2.36. The molecule has 2 heterocycles. The first-order chi connectivity index (χ1) is 6.87. The highest BCUT2D eigenvalue weighted by molar-refractivity contribution is 5.53. The van der Waals surface area contributed by atoms with Crippen molar-refractivity contribution in [3.63, 3.8) is 0 Å². The summed E-state index contributed by atoms with van der Waals surface area (Å²) in [4.78, 5) is 15.0. The van der Waals surface area contributed by atoms with Crippen molar-refractivity contribution in [3.05, 3.63) is 30.1 Å². The number of aldehydes is 1. The van der Waals surface area contributed by atoms with E-state index in [0.717, 1.165) is 31.5 Å². The van der Waals surface area contributed by atoms with Crippen molar-refractivity contribution < 1.29 is 4.79 Å². The zero-order valence-corrected chi connectivity index (χ0v) is 8.07. The van der Waals surface area contributed by atoms with Gasteiger partial charge in [-0.05, 0) is 25.1 Å². The van der Waals surface area contributed by atoms with Crippen LogP contribution in [-0.4, -0.2) is 24.4 Å². The minimum atomic E-state index is -0.0526. The maximum absolute atomic E-state index is 10.7. The molecule has 0 saturated carbocycles. The van der Waals surface area contributed by atoms with Gasteiger partial charge >= 0.3 is 0 Å². The van der Waals surface area contributed by atoms with Crippen LogP contribution in [0.1, 0.15) is 18.5 Å². The van der Waals surface area contributed by atoms with E-state index in [1.54, 1.807) is 6.20 Å². The van der Waals surface area contributed by atoms with Crippen molar-refractivity contribution in [2.24, 2.45) is 0 Å². The molecule has 1 saturated heterocycles. The standard InChI is InChI=1S/C11H14N2O/c14-8-5-11(4-7-12-9-11)10-3-1-2-6-13-10/h1-3,6,8,12H,4-5,7,9H2. The van der Waals surface area contributed by atoms with Crippen LogP contribution in [0.15, 0.2) is 24.4 Å². The average molecular weight is 190 g/mol. The van der Waals surface area contributed by atoms with Gasteiger partial charge in [-0.1, -0.05) is 6.07 Å². The lowest BCUT2D eigenvalue weighted by Crippen LogP contribution is -2.30. The maximum Gasteiger partial charge on any atom is 0.120 e. The van der Waals surface area contributed by atoms with Crippen LogP contribution >= 0.6 is 0 Å². The van der Waals surface area contributed by atoms with Crippen LogP contribution in [0.5, 0.6) is 0 Å². The molecule has 3 heteroatoms. The fraction of sp³-hybridized carbons (Fsp3) is 0.455. The molecule has 1 aromatic heterocycles. The Balaban J connectivity index is 2.31. The molecule has 3 nitrogen and oxygen atoms in total. The second-order valence-electron chi connectivity index (χ2n) is 3.79. The van der Waals surface area contributed by atoms with E-state index in [9.17, 15) is 4.79 Å². The van der Waals surface area contributed by atoms with Crippen LogP contribution in [0.4, 0.5) is 0 Å². The number of hydrogen-bond donors (Lipinski definition) is 1. The Morgan fingerprint density at radius 3 is 3.07 bits per heavy atom. The van der Waals surface area contributed by atoms with E-state index in [1.165, 1.54) is 0 Å². The SMILES string of the molecule is O=CCC1(c2ccccn2)CCNC1. The van der Waals surface area contributed by atoms with Gasteiger partial charge in [0.05, 0.1) is 0 Å². The molecule has 2 rings (SSSR count). The van der Waals surface area contributed by atoms with Gasteiger partial charge in [-0.3, -0.25) is 4.98 Å². The minimum Gasteiger partial charge on any atom is -0.316 e. The largest absolute Gasteiger partial charge is 0.316 e. The molecular weight excluding hydrogens is 176 g/mol. The van der Waals surface area contributed by atoms with E-state index in [1.807, 2.05) is 18.2 Å². The van der Waals surface area contributed by atoms with Gasteiger partial charge in [-0.25, -0.2) is 0 Å². The van der Waals surface area contributed by atoms with E-state index < -0.39 is 0 Å². The molecule has 1 aliphatic rings. The Morgan fingerprint density at radius 1 is 1.57 bits per heavy atom. The van der Waals surface area contributed by atoms with Gasteiger partial charge in [0.25, 0.3) is 0 Å². The third kappa shape index (κ3) is 1.55. The summed E-state index contributed by atoms with van der Waals surface area (Å²) < 4.78 is 0. The molecule has 0 aromatic carbocycles. The summed E-state index contributed by atoms with van der Waals surface area (Å²) in [6, 6.07) is 5.89. The van der Waals surface area contributed by atoms with Crippen LogP contribution in [0.2, 0.25) is 0 Å². The van der Waals surface area contributed by atoms with Gasteiger partial charge in [0.2, 0.25) is 0 Å². The number of carbonyl (C=O) groups excluding carboxylic acids is 1. The Hall–Kier alpha value is -1.22. The number of aromatic nitrogens is 1. The lowest BCUT2D eigenvalue weighted by molar-refractivity contribution is -0.108. The molecule has 0 amide bonds. The molecule has 0 bridgehead atoms. The van der Waals surface area contributed by atoms with Crippen molar-refractivity contribution >= 4 is 6.29 Å². The van der Waals surface area contributed by atoms with E-state index >= 15 is 0 Å². The predicted molar refractivity (Wildman–Crippen MR) is 54.1 cm³/mol. The zero-order valence-electron chi connectivity index (χ0n) is 8.07. The van der Waals surface area contributed by atoms with Gasteiger partial charge in [0.1, 0.15) is 6.29 Å². The topological polar surface area (TPSA) is 42.0 Å². The first kappa shape index (κ1) is 9.34. The molecule has 0 radical (unpaired) electrons. The summed E-state index contributed by atoms with van der Waals surface area (Å²) in [6.45, 7) is 1.84. The van der Waals surface area contributed by atoms with Crippen molar-refractivity contribution in [2.45, 2.75) is 18.3 Å². The fourth-order valence-corrected chi connectivity index (χ4v) is 2.08. The maximum atomic E-state index is 10.7. The molecule has 14 heavy (non-hydrogen) atoms. The van der Waals surface area contributed by atoms with Gasteiger partial charge in [-0.15, -0.1) is 0 Å². The second kappa shape index (κ2) is 3.88. The lowest BCUT2D eigenvalue weighted by Gasteiger charge is -2.24. The van der Waals surface area contributed by atoms with Crippen LogP contribution in [-0.2, 0) is 10.2 Å². The molecule has 1 aromatic rings. The molecule has 0 aliphatic carbocycles. The van der Waals surface area contributed by atoms with E-state index in [2.05, 4.69) is 10.3 Å². The summed E-state index contributed by atoms with van der Waals surface area (Å²) in [6.07, 6.45) is 4.36. The second-order valence-corrected chi connectivity index (χ2v) is 3.79. The summed E-state index contributed by atoms with van der Waals surface area (Å²) in [5.41, 5.74) is 0.986. The Labute approximate surface area is 83.5 Å². The van der Waals surface area contributed by atoms with Crippen molar-refractivity contribution in [2.75, 3.05) is 13.1 Å². The number of nitrogens with zero attached hydrogens (tertiary/aromatic N) is 1. The smallest absolute Gasteiger partial charge is 0.120 e. The normalized spacial score (nSPS) is 26.3. The quantitative estimate of drug-likeness (QED) is 0.720. The van der Waals surface area contributed by atoms with E-state index in [4.69, 9.17) is 0 Å². The van der Waals surface area contributed by atoms with Crippen molar-refractivity contribution in [1.82, 2.24) is 10.3 Å². The third-order valence-corrected chi connectivity index (χ3v) is 2.93. The Bertz CT molecular complexity index is 304. The summed E-state index contributed by atoms with van der Waals surface area (Å²) in [5.74, 6) is 0. The van der Waals surface area contributed by atoms with Gasteiger partial charge in [0.15, 0.2) is 0 Å². The molecule has 1 N–H and O–H groups in total. The highest BCUT2D eigenvalue weighted by atomic mass is 16.1. The summed E-state index contributed by atoms with van der Waals surface area (Å²) in [7, 11) is 0. The van der Waals surface area contributed by atoms with Gasteiger partial charge in [0, 0.05) is 30.3 Å². The third-order valence-electron chi connectivity index (χ3n) is 2.93. The van der Waals surface area contributed by atoms with E-state index in [-0.39, 0.29) is 5.41 Å². The number of carbonyl (C=O) groups is 1. The Kier molecular flexibility index (Phi) is 2.59. The number of hydrogen-bond acceptors (Lipinski definition) is 3. The van der Waals surface area contributed by atoms with E-state index in [0.29, 0.717) is 6.42 Å². The molecule has 1 atom stereocenters. The number of nitrogens with one attached hydrogen (secondary N) is 1. The molecule has 1 unspecified atom stereocenters. The monoisotopic (exact) mass is 190 g/mol. The van der Waals surface area contributed by atoms with Gasteiger partial charge < -0.3 is 10.1 Å². The summed E-state index contributed by atoms with van der Waals surface area (Å²) >= 11 is 0. The first-order valence-corrected chi connectivity index (χ1v) is 4.93. The van der Waals surface area contributed by atoms with Crippen LogP contribution in [0.25, 0.3) is 0 Å². The number of rotatable bonds is 3. The average Bonchev–Trinajstić information content (AvgIpc) is 2.70. The molecular formula is C11H14N2O. The zero-order chi connectivity index (χ0) is 9.86. The minimum absolute atomic E-state index is 0.0526. The Morgan fingerprint density at radius 2 is 2.50 bits per heavy atom. The molecule has 0 spiro atoms. The van der Waals surface area contributed by atoms with Crippen molar-refractivity contribution in [3.8, 4) is 0 Å². The van der Waals surface area contributed by atoms with Crippen molar-refractivity contribution in [1.29, 1.82) is 0 Å². The lowest BCUT2D eigenvalue weighted by atomic mass is 9.80. The predicted octanol–water partition coefficient (Wildman–Crippen LogP) is 0.902. The van der Waals surface area contributed by atoms with Crippen LogP contribution in [0, 0.1) is 0 Å². The van der Waals surface area contributed by atoms with Gasteiger partial charge in [-0.2, -0.15) is 0 Å². The molecule has 74 valence electrons. The highest BCUT2D eigenvalue weighted by Crippen LogP contribution is 2.31. The fourth-order valence-electron chi connectivity index (χ4n) is 2.08. The van der Waals surface area contributed by atoms with Crippen LogP contribution in [0.3, 0.4) is 0 Å². The first-order valence-electron chi connectivity index (χ1n) is 4.93. The number of pyridine rings is 1. The molecule has 1 fully saturated rings. The van der Waals surface area contributed by atoms with Crippen LogP contribution < -0.4 is 5.32 Å². The molecule has 1 aliphatic heterocycles. The summed E-state index contributed by atoms with van der Waals surface area (Å²) in [5, 5.41) is 3.30.